The van der Waals surface area contributed by atoms with Crippen molar-refractivity contribution in [1.82, 2.24) is 15.1 Å². The van der Waals surface area contributed by atoms with Crippen molar-refractivity contribution in [3.05, 3.63) is 12.4 Å². The lowest BCUT2D eigenvalue weighted by Crippen LogP contribution is -2.40. The van der Waals surface area contributed by atoms with Crippen molar-refractivity contribution in [1.29, 1.82) is 0 Å². The zero-order valence-electron chi connectivity index (χ0n) is 10.1. The Morgan fingerprint density at radius 2 is 2.21 bits per heavy atom. The van der Waals surface area contributed by atoms with Crippen LogP contribution in [0.15, 0.2) is 17.3 Å². The molecule has 0 spiro atoms. The predicted molar refractivity (Wildman–Crippen MR) is 67.2 cm³/mol. The van der Waals surface area contributed by atoms with E-state index in [0.29, 0.717) is 13.2 Å². The molecule has 0 unspecified atom stereocenters. The van der Waals surface area contributed by atoms with Gasteiger partial charge in [0, 0.05) is 36.1 Å². The molecule has 7 nitrogen and oxygen atoms in total. The molecule has 0 aliphatic carbocycles. The maximum atomic E-state index is 11.7. The van der Waals surface area contributed by atoms with E-state index in [1.165, 1.54) is 10.9 Å². The summed E-state index contributed by atoms with van der Waals surface area (Å²) < 4.78 is 28.5. The van der Waals surface area contributed by atoms with Crippen molar-refractivity contribution >= 4 is 25.6 Å². The molecule has 9 heteroatoms. The van der Waals surface area contributed by atoms with Crippen LogP contribution in [-0.4, -0.2) is 43.4 Å². The van der Waals surface area contributed by atoms with Crippen molar-refractivity contribution in [2.75, 3.05) is 13.2 Å². The first-order valence-corrected chi connectivity index (χ1v) is 8.10. The minimum atomic E-state index is -3.80. The highest BCUT2D eigenvalue weighted by Crippen LogP contribution is 2.13. The quantitative estimate of drug-likeness (QED) is 0.797. The summed E-state index contributed by atoms with van der Waals surface area (Å²) in [5.74, 6) is -0.214. The smallest absolute Gasteiger partial charge is 0.264 e. The molecule has 1 aromatic heterocycles. The molecule has 106 valence electrons. The molecule has 0 radical (unpaired) electrons. The third kappa shape index (κ3) is 4.19. The Morgan fingerprint density at radius 3 is 2.79 bits per heavy atom. The van der Waals surface area contributed by atoms with Gasteiger partial charge >= 0.3 is 0 Å². The van der Waals surface area contributed by atoms with Gasteiger partial charge in [0.2, 0.25) is 5.91 Å². The molecule has 1 aliphatic heterocycles. The Morgan fingerprint density at radius 1 is 1.53 bits per heavy atom. The van der Waals surface area contributed by atoms with Crippen LogP contribution in [0.3, 0.4) is 0 Å². The summed E-state index contributed by atoms with van der Waals surface area (Å²) in [5, 5.41) is 6.64. The van der Waals surface area contributed by atoms with E-state index in [1.807, 2.05) is 0 Å². The summed E-state index contributed by atoms with van der Waals surface area (Å²) in [4.78, 5) is 11.6. The standard InChI is InChI=1S/C10H14ClN3O4S/c11-19(16,17)9-5-12-14(6-9)7-10(15)13-8-1-3-18-4-2-8/h5-6,8H,1-4,7H2,(H,13,15). The van der Waals surface area contributed by atoms with Crippen LogP contribution >= 0.6 is 10.7 Å². The highest BCUT2D eigenvalue weighted by atomic mass is 35.7. The van der Waals surface area contributed by atoms with Gasteiger partial charge in [-0.15, -0.1) is 0 Å². The fourth-order valence-electron chi connectivity index (χ4n) is 1.82. The van der Waals surface area contributed by atoms with Gasteiger partial charge in [-0.05, 0) is 12.8 Å². The van der Waals surface area contributed by atoms with Gasteiger partial charge in [0.25, 0.3) is 9.05 Å². The molecule has 2 heterocycles. The third-order valence-corrected chi connectivity index (χ3v) is 4.09. The normalized spacial score (nSPS) is 17.3. The van der Waals surface area contributed by atoms with Crippen molar-refractivity contribution in [2.24, 2.45) is 0 Å². The van der Waals surface area contributed by atoms with Gasteiger partial charge in [-0.25, -0.2) is 8.42 Å². The number of ether oxygens (including phenoxy) is 1. The molecule has 0 aromatic carbocycles. The number of nitrogens with zero attached hydrogens (tertiary/aromatic N) is 2. The molecular formula is C10H14ClN3O4S. The number of rotatable bonds is 4. The summed E-state index contributed by atoms with van der Waals surface area (Å²) >= 11 is 0. The second-order valence-electron chi connectivity index (χ2n) is 4.27. The maximum absolute atomic E-state index is 11.7. The van der Waals surface area contributed by atoms with E-state index in [0.717, 1.165) is 19.0 Å². The van der Waals surface area contributed by atoms with Crippen molar-refractivity contribution < 1.29 is 17.9 Å². The van der Waals surface area contributed by atoms with E-state index in [-0.39, 0.29) is 23.4 Å². The molecule has 1 amide bonds. The van der Waals surface area contributed by atoms with Crippen molar-refractivity contribution in [3.8, 4) is 0 Å². The fourth-order valence-corrected chi connectivity index (χ4v) is 2.48. The number of nitrogens with one attached hydrogen (secondary N) is 1. The van der Waals surface area contributed by atoms with E-state index in [9.17, 15) is 13.2 Å². The minimum Gasteiger partial charge on any atom is -0.381 e. The van der Waals surface area contributed by atoms with Gasteiger partial charge in [-0.3, -0.25) is 9.48 Å². The third-order valence-electron chi connectivity index (χ3n) is 2.78. The monoisotopic (exact) mass is 307 g/mol. The van der Waals surface area contributed by atoms with Gasteiger partial charge in [0.05, 0.1) is 6.20 Å². The van der Waals surface area contributed by atoms with E-state index < -0.39 is 9.05 Å². The minimum absolute atomic E-state index is 0.0379. The molecule has 0 atom stereocenters. The molecular weight excluding hydrogens is 294 g/mol. The first-order valence-electron chi connectivity index (χ1n) is 5.79. The molecule has 1 N–H and O–H groups in total. The Balaban J connectivity index is 1.90. The Bertz CT molecular complexity index is 551. The predicted octanol–water partition coefficient (Wildman–Crippen LogP) is 0.106. The van der Waals surface area contributed by atoms with Crippen LogP contribution in [0.1, 0.15) is 12.8 Å². The lowest BCUT2D eigenvalue weighted by Gasteiger charge is -2.23. The SMILES string of the molecule is O=C(Cn1cc(S(=O)(=O)Cl)cn1)NC1CCOCC1. The molecule has 2 rings (SSSR count). The number of carbonyl (C=O) groups excluding carboxylic acids is 1. The van der Waals surface area contributed by atoms with Crippen LogP contribution < -0.4 is 5.32 Å². The van der Waals surface area contributed by atoms with Crippen LogP contribution in [0.5, 0.6) is 0 Å². The Kier molecular flexibility index (Phi) is 4.43. The average molecular weight is 308 g/mol. The number of aromatic nitrogens is 2. The Hall–Kier alpha value is -1.12. The number of hydrogen-bond acceptors (Lipinski definition) is 5. The van der Waals surface area contributed by atoms with Crippen molar-refractivity contribution in [2.45, 2.75) is 30.3 Å². The molecule has 1 aliphatic rings. The summed E-state index contributed by atoms with van der Waals surface area (Å²) in [7, 11) is 1.36. The largest absolute Gasteiger partial charge is 0.381 e. The number of carbonyl (C=O) groups is 1. The lowest BCUT2D eigenvalue weighted by atomic mass is 10.1. The molecule has 1 saturated heterocycles. The first-order chi connectivity index (χ1) is 8.95. The van der Waals surface area contributed by atoms with Crippen LogP contribution in [0.25, 0.3) is 0 Å². The lowest BCUT2D eigenvalue weighted by molar-refractivity contribution is -0.123. The molecule has 0 bridgehead atoms. The topological polar surface area (TPSA) is 90.3 Å². The summed E-state index contributed by atoms with van der Waals surface area (Å²) in [5.41, 5.74) is 0. The van der Waals surface area contributed by atoms with Crippen LogP contribution in [-0.2, 0) is 25.1 Å². The van der Waals surface area contributed by atoms with Gasteiger partial charge in [-0.2, -0.15) is 5.10 Å². The summed E-state index contributed by atoms with van der Waals surface area (Å²) in [6, 6.07) is 0.105. The molecule has 1 aromatic rings. The van der Waals surface area contributed by atoms with Crippen LogP contribution in [0, 0.1) is 0 Å². The zero-order chi connectivity index (χ0) is 13.9. The molecule has 0 saturated carbocycles. The van der Waals surface area contributed by atoms with Crippen LogP contribution in [0.2, 0.25) is 0 Å². The average Bonchev–Trinajstić information content (AvgIpc) is 2.78. The molecule has 19 heavy (non-hydrogen) atoms. The van der Waals surface area contributed by atoms with E-state index in [4.69, 9.17) is 15.4 Å². The number of amides is 1. The van der Waals surface area contributed by atoms with Gasteiger partial charge < -0.3 is 10.1 Å². The Labute approximate surface area is 115 Å². The van der Waals surface area contributed by atoms with E-state index in [1.54, 1.807) is 0 Å². The van der Waals surface area contributed by atoms with Gasteiger partial charge in [0.15, 0.2) is 0 Å². The highest BCUT2D eigenvalue weighted by Gasteiger charge is 2.17. The number of halogens is 1. The maximum Gasteiger partial charge on any atom is 0.264 e. The summed E-state index contributed by atoms with van der Waals surface area (Å²) in [6.45, 7) is 1.24. The second-order valence-corrected chi connectivity index (χ2v) is 6.83. The fraction of sp³-hybridized carbons (Fsp3) is 0.600. The summed E-state index contributed by atoms with van der Waals surface area (Å²) in [6.07, 6.45) is 3.91. The van der Waals surface area contributed by atoms with Crippen LogP contribution in [0.4, 0.5) is 0 Å². The van der Waals surface area contributed by atoms with Crippen molar-refractivity contribution in [3.63, 3.8) is 0 Å². The van der Waals surface area contributed by atoms with E-state index in [2.05, 4.69) is 10.4 Å². The van der Waals surface area contributed by atoms with Gasteiger partial charge in [0.1, 0.15) is 11.4 Å². The zero-order valence-corrected chi connectivity index (χ0v) is 11.7. The number of hydrogen-bond donors (Lipinski definition) is 1. The molecule has 1 fully saturated rings. The highest BCUT2D eigenvalue weighted by molar-refractivity contribution is 8.13. The second kappa shape index (κ2) is 5.89. The van der Waals surface area contributed by atoms with E-state index >= 15 is 0 Å². The first kappa shape index (κ1) is 14.3. The van der Waals surface area contributed by atoms with Gasteiger partial charge in [-0.1, -0.05) is 0 Å².